The number of aryl methyl sites for hydroxylation is 1. The van der Waals surface area contributed by atoms with Crippen LogP contribution in [0.5, 0.6) is 0 Å². The summed E-state index contributed by atoms with van der Waals surface area (Å²) in [5, 5.41) is 3.22. The van der Waals surface area contributed by atoms with Crippen LogP contribution in [0.15, 0.2) is 30.5 Å². The Bertz CT molecular complexity index is 550. The summed E-state index contributed by atoms with van der Waals surface area (Å²) >= 11 is 0. The van der Waals surface area contributed by atoms with Crippen LogP contribution in [0.1, 0.15) is 11.1 Å². The third-order valence-corrected chi connectivity index (χ3v) is 2.78. The number of halogens is 3. The molecule has 1 heterocycles. The lowest BCUT2D eigenvalue weighted by atomic mass is 10.1. The lowest BCUT2D eigenvalue weighted by molar-refractivity contribution is 0.824. The first-order valence-electron chi connectivity index (χ1n) is 5.42. The third kappa shape index (κ3) is 5.85. The van der Waals surface area contributed by atoms with E-state index in [2.05, 4.69) is 10.3 Å². The van der Waals surface area contributed by atoms with Crippen molar-refractivity contribution >= 4 is 60.1 Å². The van der Waals surface area contributed by atoms with E-state index >= 15 is 0 Å². The van der Waals surface area contributed by atoms with Gasteiger partial charge in [-0.1, -0.05) is 6.07 Å². The Morgan fingerprint density at radius 2 is 1.57 bits per heavy atom. The lowest BCUT2D eigenvalue weighted by Crippen LogP contribution is -2.00. The Labute approximate surface area is 143 Å². The molecule has 0 fully saturated rings. The molecular formula is C13H21Cl3N4O. The lowest BCUT2D eigenvalue weighted by Gasteiger charge is -2.12. The van der Waals surface area contributed by atoms with Crippen LogP contribution in [0, 0.1) is 13.8 Å². The highest BCUT2D eigenvalue weighted by Gasteiger charge is 2.04. The van der Waals surface area contributed by atoms with Crippen molar-refractivity contribution in [2.75, 3.05) is 16.8 Å². The van der Waals surface area contributed by atoms with Crippen molar-refractivity contribution in [3.05, 3.63) is 41.6 Å². The van der Waals surface area contributed by atoms with Crippen LogP contribution in [0.4, 0.5) is 22.9 Å². The normalized spacial score (nSPS) is 8.29. The van der Waals surface area contributed by atoms with Gasteiger partial charge in [0.25, 0.3) is 0 Å². The van der Waals surface area contributed by atoms with Gasteiger partial charge in [-0.2, -0.15) is 0 Å². The van der Waals surface area contributed by atoms with Gasteiger partial charge in [-0.25, -0.2) is 4.98 Å². The van der Waals surface area contributed by atoms with Crippen molar-refractivity contribution in [1.29, 1.82) is 0 Å². The van der Waals surface area contributed by atoms with Crippen molar-refractivity contribution in [3.63, 3.8) is 0 Å². The smallest absolute Gasteiger partial charge is 0.130 e. The highest BCUT2D eigenvalue weighted by molar-refractivity contribution is 5.86. The summed E-state index contributed by atoms with van der Waals surface area (Å²) in [4.78, 5) is 4.19. The maximum Gasteiger partial charge on any atom is 0.130 e. The summed E-state index contributed by atoms with van der Waals surface area (Å²) < 4.78 is 0. The average Bonchev–Trinajstić information content (AvgIpc) is 2.33. The molecule has 0 saturated heterocycles. The van der Waals surface area contributed by atoms with Crippen LogP contribution in [-0.4, -0.2) is 10.5 Å². The molecule has 1 aromatic carbocycles. The van der Waals surface area contributed by atoms with E-state index in [-0.39, 0.29) is 42.7 Å². The molecule has 1 aromatic heterocycles. The molecule has 2 rings (SSSR count). The number of nitrogens with one attached hydrogen (secondary N) is 1. The number of pyridine rings is 1. The van der Waals surface area contributed by atoms with Crippen LogP contribution >= 0.6 is 37.2 Å². The predicted octanol–water partition coefficient (Wildman–Crippen LogP) is 3.05. The molecule has 5 nitrogen and oxygen atoms in total. The maximum atomic E-state index is 5.98. The predicted molar refractivity (Wildman–Crippen MR) is 97.6 cm³/mol. The Balaban J connectivity index is -0.000000810. The second-order valence-corrected chi connectivity index (χ2v) is 4.07. The summed E-state index contributed by atoms with van der Waals surface area (Å²) in [6.07, 6.45) is 1.62. The van der Waals surface area contributed by atoms with Crippen LogP contribution < -0.4 is 16.8 Å². The van der Waals surface area contributed by atoms with E-state index in [1.54, 1.807) is 6.20 Å². The first-order valence-corrected chi connectivity index (χ1v) is 5.42. The molecule has 120 valence electrons. The van der Waals surface area contributed by atoms with Crippen LogP contribution in [0.25, 0.3) is 0 Å². The fraction of sp³-hybridized carbons (Fsp3) is 0.154. The summed E-state index contributed by atoms with van der Waals surface area (Å²) in [6, 6.07) is 7.63. The molecule has 21 heavy (non-hydrogen) atoms. The summed E-state index contributed by atoms with van der Waals surface area (Å²) in [6.45, 7) is 3.98. The number of hydrogen-bond acceptors (Lipinski definition) is 4. The van der Waals surface area contributed by atoms with Crippen LogP contribution in [-0.2, 0) is 0 Å². The van der Waals surface area contributed by atoms with Crippen molar-refractivity contribution in [1.82, 2.24) is 4.98 Å². The topological polar surface area (TPSA) is 108 Å². The van der Waals surface area contributed by atoms with Gasteiger partial charge in [0.05, 0.1) is 11.9 Å². The summed E-state index contributed by atoms with van der Waals surface area (Å²) in [5.41, 5.74) is 16.1. The van der Waals surface area contributed by atoms with Gasteiger partial charge in [0.2, 0.25) is 0 Å². The van der Waals surface area contributed by atoms with Gasteiger partial charge in [-0.3, -0.25) is 0 Å². The number of nitrogens with zero attached hydrogens (tertiary/aromatic N) is 1. The molecule has 0 aliphatic carbocycles. The van der Waals surface area contributed by atoms with Gasteiger partial charge in [0.1, 0.15) is 5.82 Å². The van der Waals surface area contributed by atoms with Crippen LogP contribution in [0.3, 0.4) is 0 Å². The first-order chi connectivity index (χ1) is 8.08. The largest absolute Gasteiger partial charge is 0.412 e. The van der Waals surface area contributed by atoms with E-state index in [1.165, 1.54) is 0 Å². The van der Waals surface area contributed by atoms with Gasteiger partial charge >= 0.3 is 0 Å². The molecular weight excluding hydrogens is 335 g/mol. The molecule has 8 heteroatoms. The quantitative estimate of drug-likeness (QED) is 0.719. The molecule has 0 aliphatic heterocycles. The number of hydrogen-bond donors (Lipinski definition) is 3. The molecule has 0 aliphatic rings. The zero-order chi connectivity index (χ0) is 12.4. The fourth-order valence-corrected chi connectivity index (χ4v) is 1.62. The zero-order valence-corrected chi connectivity index (χ0v) is 14.2. The second-order valence-electron chi connectivity index (χ2n) is 4.07. The molecule has 0 amide bonds. The number of nitrogens with two attached hydrogens (primary N) is 2. The van der Waals surface area contributed by atoms with Crippen molar-refractivity contribution in [2.45, 2.75) is 13.8 Å². The number of rotatable bonds is 2. The van der Waals surface area contributed by atoms with E-state index in [1.807, 2.05) is 38.1 Å². The minimum absolute atomic E-state index is 0. The molecule has 0 bridgehead atoms. The van der Waals surface area contributed by atoms with E-state index in [9.17, 15) is 0 Å². The van der Waals surface area contributed by atoms with Gasteiger partial charge in [0, 0.05) is 11.4 Å². The molecule has 0 atom stereocenters. The van der Waals surface area contributed by atoms with E-state index in [4.69, 9.17) is 11.5 Å². The van der Waals surface area contributed by atoms with E-state index < -0.39 is 0 Å². The number of nitrogen functional groups attached to an aromatic ring is 2. The molecule has 2 aromatic rings. The van der Waals surface area contributed by atoms with Gasteiger partial charge in [-0.15, -0.1) is 37.2 Å². The van der Waals surface area contributed by atoms with Gasteiger partial charge in [-0.05, 0) is 43.2 Å². The average molecular weight is 356 g/mol. The van der Waals surface area contributed by atoms with Crippen molar-refractivity contribution in [2.24, 2.45) is 0 Å². The van der Waals surface area contributed by atoms with E-state index in [0.717, 1.165) is 28.3 Å². The minimum Gasteiger partial charge on any atom is -0.412 e. The fourth-order valence-electron chi connectivity index (χ4n) is 1.62. The first kappa shape index (κ1) is 24.6. The Morgan fingerprint density at radius 1 is 0.952 bits per heavy atom. The third-order valence-electron chi connectivity index (χ3n) is 2.78. The van der Waals surface area contributed by atoms with Gasteiger partial charge in [0.15, 0.2) is 0 Å². The van der Waals surface area contributed by atoms with Crippen molar-refractivity contribution < 1.29 is 5.48 Å². The molecule has 0 spiro atoms. The molecule has 0 radical (unpaired) electrons. The number of benzene rings is 1. The van der Waals surface area contributed by atoms with Crippen LogP contribution in [0.2, 0.25) is 0 Å². The highest BCUT2D eigenvalue weighted by Crippen LogP contribution is 2.26. The minimum atomic E-state index is 0. The van der Waals surface area contributed by atoms with Crippen molar-refractivity contribution in [3.8, 4) is 0 Å². The highest BCUT2D eigenvalue weighted by atomic mass is 35.5. The Morgan fingerprint density at radius 3 is 2.10 bits per heavy atom. The summed E-state index contributed by atoms with van der Waals surface area (Å²) in [7, 11) is 0. The monoisotopic (exact) mass is 354 g/mol. The number of anilines is 4. The standard InChI is InChI=1S/C13H16N4.3ClH.H2O/c1-8-3-5-11(9(2)13(8)15)17-12-6-4-10(14)7-16-12;;;;/h3-7H,14-15H2,1-2H3,(H,16,17);3*1H;1H2. The second kappa shape index (κ2) is 10.3. The Kier molecular flexibility index (Phi) is 12.1. The summed E-state index contributed by atoms with van der Waals surface area (Å²) in [5.74, 6) is 0.755. The van der Waals surface area contributed by atoms with Gasteiger partial charge < -0.3 is 22.3 Å². The van der Waals surface area contributed by atoms with E-state index in [0.29, 0.717) is 5.69 Å². The zero-order valence-electron chi connectivity index (χ0n) is 11.7. The maximum absolute atomic E-state index is 5.98. The SMILES string of the molecule is Cc1ccc(Nc2ccc(N)cn2)c(C)c1N.Cl.Cl.Cl.O. The Hall–Kier alpha value is -1.40. The number of aromatic nitrogens is 1. The molecule has 0 saturated carbocycles. The molecule has 7 N–H and O–H groups in total. The molecule has 0 unspecified atom stereocenters.